The van der Waals surface area contributed by atoms with Gasteiger partial charge in [-0.05, 0) is 80.4 Å². The van der Waals surface area contributed by atoms with E-state index in [2.05, 4.69) is 5.32 Å². The Morgan fingerprint density at radius 1 is 1.02 bits per heavy atom. The number of ether oxygens (including phenoxy) is 1. The van der Waals surface area contributed by atoms with E-state index >= 15 is 0 Å². The predicted octanol–water partition coefficient (Wildman–Crippen LogP) is 3.66. The second-order valence-electron chi connectivity index (χ2n) is 11.9. The summed E-state index contributed by atoms with van der Waals surface area (Å²) in [4.78, 5) is 62.3. The van der Waals surface area contributed by atoms with Gasteiger partial charge in [-0.2, -0.15) is 8.78 Å². The number of benzene rings is 1. The summed E-state index contributed by atoms with van der Waals surface area (Å²) in [6.45, 7) is 2.95. The third-order valence-corrected chi connectivity index (χ3v) is 11.4. The fourth-order valence-electron chi connectivity index (χ4n) is 6.87. The number of amides is 3. The molecule has 4 aliphatic rings. The highest BCUT2D eigenvalue weighted by atomic mass is 32.1. The van der Waals surface area contributed by atoms with Crippen LogP contribution in [-0.2, 0) is 24.6 Å². The zero-order valence-corrected chi connectivity index (χ0v) is 24.6. The molecule has 4 aliphatic heterocycles. The van der Waals surface area contributed by atoms with Crippen molar-refractivity contribution in [2.75, 3.05) is 26.3 Å². The van der Waals surface area contributed by atoms with Gasteiger partial charge in [0.15, 0.2) is 0 Å². The van der Waals surface area contributed by atoms with Gasteiger partial charge in [-0.3, -0.25) is 18.9 Å². The lowest BCUT2D eigenvalue weighted by Gasteiger charge is -2.46. The van der Waals surface area contributed by atoms with Gasteiger partial charge in [0, 0.05) is 42.6 Å². The summed E-state index contributed by atoms with van der Waals surface area (Å²) < 4.78 is 45.6. The summed E-state index contributed by atoms with van der Waals surface area (Å²) in [7, 11) is -5.74. The van der Waals surface area contributed by atoms with Gasteiger partial charge in [0.05, 0.1) is 4.88 Å². The van der Waals surface area contributed by atoms with Gasteiger partial charge >= 0.3 is 13.3 Å². The number of nitrogens with zero attached hydrogens (tertiary/aromatic N) is 2. The first-order valence-electron chi connectivity index (χ1n) is 14.4. The lowest BCUT2D eigenvalue weighted by atomic mass is 9.80. The second-order valence-corrected chi connectivity index (χ2v) is 14.6. The summed E-state index contributed by atoms with van der Waals surface area (Å²) in [5.41, 5.74) is -5.20. The van der Waals surface area contributed by atoms with Crippen molar-refractivity contribution < 1.29 is 42.3 Å². The monoisotopic (exact) mass is 625 g/mol. The molecular weight excluding hydrogens is 591 g/mol. The van der Waals surface area contributed by atoms with Crippen LogP contribution in [0.1, 0.15) is 60.2 Å². The minimum atomic E-state index is -5.74. The zero-order valence-electron chi connectivity index (χ0n) is 22.9. The summed E-state index contributed by atoms with van der Waals surface area (Å²) in [6.07, 6.45) is 5.28. The number of carbonyl (C=O) groups excluding carboxylic acids is 3. The normalized spacial score (nSPS) is 26.2. The van der Waals surface area contributed by atoms with Crippen LogP contribution in [-0.4, -0.2) is 81.7 Å². The molecule has 0 saturated carbocycles. The van der Waals surface area contributed by atoms with Crippen LogP contribution in [0.3, 0.4) is 0 Å². The van der Waals surface area contributed by atoms with Crippen LogP contribution in [0.2, 0.25) is 0 Å². The van der Waals surface area contributed by atoms with Crippen LogP contribution >= 0.6 is 18.9 Å². The second kappa shape index (κ2) is 11.2. The van der Waals surface area contributed by atoms with Crippen LogP contribution in [0.15, 0.2) is 24.3 Å². The van der Waals surface area contributed by atoms with Crippen molar-refractivity contribution in [3.05, 3.63) is 34.7 Å². The SMILES string of the molecule is O=C(N[C@H]1CCC[C@H]2CC[C@@H](C(=O)N3CC(C4CCOCC4)C3)N2C1=O)c1cc2cc(C(F)(F)P(=O)(O)O)ccc2s1. The molecule has 3 N–H and O–H groups in total. The number of hydrogen-bond donors (Lipinski definition) is 3. The Kier molecular flexibility index (Phi) is 7.93. The fraction of sp³-hybridized carbons (Fsp3) is 0.607. The van der Waals surface area contributed by atoms with E-state index < -0.39 is 36.8 Å². The van der Waals surface area contributed by atoms with Crippen molar-refractivity contribution in [1.29, 1.82) is 0 Å². The van der Waals surface area contributed by atoms with Crippen LogP contribution in [0.25, 0.3) is 10.1 Å². The number of nitrogens with one attached hydrogen (secondary N) is 1. The average molecular weight is 626 g/mol. The highest BCUT2D eigenvalue weighted by molar-refractivity contribution is 7.52. The van der Waals surface area contributed by atoms with Crippen molar-refractivity contribution in [2.45, 2.75) is 68.7 Å². The quantitative estimate of drug-likeness (QED) is 0.417. The van der Waals surface area contributed by atoms with Gasteiger partial charge in [0.25, 0.3) is 5.91 Å². The summed E-state index contributed by atoms with van der Waals surface area (Å²) >= 11 is 1.03. The van der Waals surface area contributed by atoms with E-state index in [1.165, 1.54) is 12.1 Å². The Bertz CT molecular complexity index is 1440. The summed E-state index contributed by atoms with van der Waals surface area (Å²) in [5.74, 6) is 0.214. The summed E-state index contributed by atoms with van der Waals surface area (Å²) in [5, 5.41) is 3.04. The number of rotatable bonds is 6. The molecule has 1 aromatic carbocycles. The first kappa shape index (κ1) is 29.6. The third kappa shape index (κ3) is 5.38. The number of carbonyl (C=O) groups is 3. The number of fused-ring (bicyclic) bond motifs is 2. The van der Waals surface area contributed by atoms with Crippen LogP contribution < -0.4 is 5.32 Å². The molecule has 10 nitrogen and oxygen atoms in total. The molecule has 42 heavy (non-hydrogen) atoms. The Labute approximate surface area is 245 Å². The number of hydrogen-bond acceptors (Lipinski definition) is 6. The molecule has 0 spiro atoms. The predicted molar refractivity (Wildman–Crippen MR) is 150 cm³/mol. The zero-order chi connectivity index (χ0) is 29.8. The van der Waals surface area contributed by atoms with Crippen LogP contribution in [0.5, 0.6) is 0 Å². The molecule has 3 amide bonds. The lowest BCUT2D eigenvalue weighted by Crippen LogP contribution is -2.60. The van der Waals surface area contributed by atoms with E-state index in [0.717, 1.165) is 62.4 Å². The van der Waals surface area contributed by atoms with Crippen molar-refractivity contribution >= 4 is 46.7 Å². The van der Waals surface area contributed by atoms with E-state index in [9.17, 15) is 27.7 Å². The van der Waals surface area contributed by atoms with Gasteiger partial charge in [-0.25, -0.2) is 0 Å². The number of alkyl halides is 2. The maximum absolute atomic E-state index is 14.2. The molecule has 228 valence electrons. The molecular formula is C28H34F2N3O7PS. The lowest BCUT2D eigenvalue weighted by molar-refractivity contribution is -0.151. The molecule has 5 heterocycles. The minimum absolute atomic E-state index is 0.0199. The number of thiophene rings is 1. The first-order chi connectivity index (χ1) is 19.9. The van der Waals surface area contributed by atoms with Crippen molar-refractivity contribution in [3.63, 3.8) is 0 Å². The Balaban J connectivity index is 1.13. The van der Waals surface area contributed by atoms with Gasteiger partial charge < -0.3 is 29.6 Å². The highest BCUT2D eigenvalue weighted by Crippen LogP contribution is 2.59. The molecule has 6 rings (SSSR count). The standard InChI is InChI=1S/C28H34F2N3O7PS/c29-28(30,41(37,38)39)19-4-7-23-17(12-19)13-24(42-23)25(34)31-21-3-1-2-20-5-6-22(33(20)26(21)35)27(36)32-14-18(15-32)16-8-10-40-11-9-16/h4,7,12-13,16,18,20-22H,1-3,5-6,8-11,14-15H2,(H,31,34)(H2,37,38,39)/t20-,21-,22-/m0/s1. The highest BCUT2D eigenvalue weighted by Gasteiger charge is 2.51. The van der Waals surface area contributed by atoms with E-state index in [4.69, 9.17) is 14.5 Å². The molecule has 3 atom stereocenters. The summed E-state index contributed by atoms with van der Waals surface area (Å²) in [6, 6.07) is 3.17. The van der Waals surface area contributed by atoms with Gasteiger partial charge in [-0.15, -0.1) is 11.3 Å². The maximum atomic E-state index is 14.2. The molecule has 2 aromatic rings. The average Bonchev–Trinajstić information content (AvgIpc) is 3.52. The van der Waals surface area contributed by atoms with E-state index in [-0.39, 0.29) is 28.1 Å². The molecule has 4 fully saturated rings. The molecule has 0 aliphatic carbocycles. The third-order valence-electron chi connectivity index (χ3n) is 9.28. The number of halogens is 2. The minimum Gasteiger partial charge on any atom is -0.381 e. The molecule has 4 saturated heterocycles. The Hall–Kier alpha value is -2.44. The van der Waals surface area contributed by atoms with E-state index in [1.54, 1.807) is 4.90 Å². The Morgan fingerprint density at radius 3 is 2.48 bits per heavy atom. The van der Waals surface area contributed by atoms with Crippen molar-refractivity contribution in [2.24, 2.45) is 11.8 Å². The van der Waals surface area contributed by atoms with Crippen LogP contribution in [0.4, 0.5) is 8.78 Å². The molecule has 0 radical (unpaired) electrons. The molecule has 0 unspecified atom stereocenters. The number of likely N-dealkylation sites (tertiary alicyclic amines) is 1. The molecule has 1 aromatic heterocycles. The van der Waals surface area contributed by atoms with Crippen molar-refractivity contribution in [1.82, 2.24) is 15.1 Å². The van der Waals surface area contributed by atoms with E-state index in [1.807, 2.05) is 4.90 Å². The Morgan fingerprint density at radius 2 is 1.76 bits per heavy atom. The first-order valence-corrected chi connectivity index (χ1v) is 16.8. The molecule has 0 bridgehead atoms. The molecule has 14 heteroatoms. The topological polar surface area (TPSA) is 136 Å². The fourth-order valence-corrected chi connectivity index (χ4v) is 8.29. The van der Waals surface area contributed by atoms with Gasteiger partial charge in [-0.1, -0.05) is 6.07 Å². The van der Waals surface area contributed by atoms with E-state index in [0.29, 0.717) is 48.9 Å². The largest absolute Gasteiger partial charge is 0.399 e. The van der Waals surface area contributed by atoms with Crippen LogP contribution in [0, 0.1) is 11.8 Å². The maximum Gasteiger partial charge on any atom is 0.399 e. The van der Waals surface area contributed by atoms with Gasteiger partial charge in [0.2, 0.25) is 11.8 Å². The van der Waals surface area contributed by atoms with Crippen molar-refractivity contribution in [3.8, 4) is 0 Å². The van der Waals surface area contributed by atoms with Gasteiger partial charge in [0.1, 0.15) is 12.1 Å². The smallest absolute Gasteiger partial charge is 0.381 e.